The Labute approximate surface area is 293 Å². The number of hydrogen-bond donors (Lipinski definition) is 3. The summed E-state index contributed by atoms with van der Waals surface area (Å²) >= 11 is 0. The highest BCUT2D eigenvalue weighted by Crippen LogP contribution is 2.45. The van der Waals surface area contributed by atoms with Crippen molar-refractivity contribution in [3.8, 4) is 5.75 Å². The van der Waals surface area contributed by atoms with Crippen molar-refractivity contribution in [2.24, 2.45) is 5.92 Å². The number of benzene rings is 1. The molecule has 4 aliphatic rings. The number of carboxylic acids is 1. The van der Waals surface area contributed by atoms with Crippen molar-refractivity contribution in [2.75, 3.05) is 33.8 Å². The number of likely N-dealkylation sites (N-methyl/N-ethyl adjacent to an activating group) is 1. The van der Waals surface area contributed by atoms with Gasteiger partial charge in [-0.1, -0.05) is 31.1 Å². The molecule has 5 atom stereocenters. The Morgan fingerprint density at radius 2 is 1.86 bits per heavy atom. The van der Waals surface area contributed by atoms with Gasteiger partial charge in [0.25, 0.3) is 0 Å². The molecule has 1 saturated carbocycles. The van der Waals surface area contributed by atoms with E-state index < -0.39 is 59.3 Å². The van der Waals surface area contributed by atoms with E-state index in [0.717, 1.165) is 36.9 Å². The number of carbonyl (C=O) groups excluding carboxylic acids is 4. The molecule has 3 aliphatic heterocycles. The molecule has 0 aromatic heterocycles. The average Bonchev–Trinajstić information content (AvgIpc) is 3.34. The highest BCUT2D eigenvalue weighted by molar-refractivity contribution is 5.96. The van der Waals surface area contributed by atoms with Crippen LogP contribution in [-0.2, 0) is 36.9 Å². The molecule has 14 nitrogen and oxygen atoms in total. The summed E-state index contributed by atoms with van der Waals surface area (Å²) in [6, 6.07) is 3.61. The maximum Gasteiger partial charge on any atom is 0.410 e. The Morgan fingerprint density at radius 3 is 2.58 bits per heavy atom. The molecule has 50 heavy (non-hydrogen) atoms. The van der Waals surface area contributed by atoms with Crippen molar-refractivity contribution in [1.82, 2.24) is 25.3 Å². The summed E-state index contributed by atoms with van der Waals surface area (Å²) in [6.45, 7) is 7.02. The van der Waals surface area contributed by atoms with Crippen molar-refractivity contribution in [3.63, 3.8) is 0 Å². The summed E-state index contributed by atoms with van der Waals surface area (Å²) < 4.78 is 17.2. The Balaban J connectivity index is 1.32. The van der Waals surface area contributed by atoms with E-state index in [-0.39, 0.29) is 25.3 Å². The molecule has 1 unspecified atom stereocenters. The van der Waals surface area contributed by atoms with E-state index in [4.69, 9.17) is 14.2 Å². The molecule has 3 N–H and O–H groups in total. The predicted octanol–water partition coefficient (Wildman–Crippen LogP) is 3.42. The van der Waals surface area contributed by atoms with Crippen molar-refractivity contribution in [1.29, 1.82) is 0 Å². The van der Waals surface area contributed by atoms with Gasteiger partial charge in [-0.2, -0.15) is 0 Å². The number of hydrogen-bond acceptors (Lipinski definition) is 9. The smallest absolute Gasteiger partial charge is 0.410 e. The molecule has 0 spiro atoms. The molecule has 1 aliphatic carbocycles. The van der Waals surface area contributed by atoms with Gasteiger partial charge in [0, 0.05) is 32.0 Å². The molecular weight excluding hydrogens is 646 g/mol. The third-order valence-electron chi connectivity index (χ3n) is 9.55. The number of nitrogens with zero attached hydrogens (tertiary/aromatic N) is 3. The SMILES string of the molecule is CN(C)CCOc1ccc2c(c1)CN(C(=O)O[C@@H]1CC3C(=O)N[C@]4(C(=O)O)C[C@@H]4/C=C\CCCCC[C@H](NC(=O)OC(C)(C)C)C(=O)N3C1)C2. The largest absolute Gasteiger partial charge is 0.492 e. The molecule has 274 valence electrons. The third kappa shape index (κ3) is 9.06. The van der Waals surface area contributed by atoms with Crippen molar-refractivity contribution in [3.05, 3.63) is 41.5 Å². The fourth-order valence-electron chi connectivity index (χ4n) is 6.75. The van der Waals surface area contributed by atoms with Crippen LogP contribution in [0.4, 0.5) is 9.59 Å². The standard InChI is InChI=1S/C36H51N5O9/c1-35(2,3)50-33(46)37-28-12-10-8-6-7-9-11-25-19-36(25,32(44)45)38-30(42)29-18-27(22-41(29)31(28)43)49-34(47)40-20-23-13-14-26(17-24(23)21-40)48-16-15-39(4)5/h9,11,13-14,17,25,27-29H,6-8,10,12,15-16,18-22H2,1-5H3,(H,37,46)(H,38,42)(H,44,45)/b11-9-/t25-,27+,28-,29?,36+/m0/s1. The summed E-state index contributed by atoms with van der Waals surface area (Å²) in [5.74, 6) is -1.96. The van der Waals surface area contributed by atoms with Crippen LogP contribution in [0.15, 0.2) is 30.4 Å². The van der Waals surface area contributed by atoms with E-state index in [1.165, 1.54) is 4.90 Å². The maximum absolute atomic E-state index is 14.2. The van der Waals surface area contributed by atoms with Gasteiger partial charge in [-0.15, -0.1) is 0 Å². The van der Waals surface area contributed by atoms with Crippen LogP contribution in [0.5, 0.6) is 5.75 Å². The van der Waals surface area contributed by atoms with Crippen LogP contribution >= 0.6 is 0 Å². The second kappa shape index (κ2) is 15.3. The second-order valence-electron chi connectivity index (χ2n) is 15.0. The van der Waals surface area contributed by atoms with E-state index in [1.807, 2.05) is 49.3 Å². The summed E-state index contributed by atoms with van der Waals surface area (Å²) in [5, 5.41) is 15.5. The highest BCUT2D eigenvalue weighted by atomic mass is 16.6. The normalized spacial score (nSPS) is 27.6. The molecule has 3 heterocycles. The van der Waals surface area contributed by atoms with Crippen LogP contribution in [0.1, 0.15) is 76.8 Å². The van der Waals surface area contributed by atoms with Gasteiger partial charge in [-0.25, -0.2) is 14.4 Å². The number of carbonyl (C=O) groups is 5. The number of rotatable bonds is 7. The quantitative estimate of drug-likeness (QED) is 0.360. The Bertz CT molecular complexity index is 1490. The van der Waals surface area contributed by atoms with Gasteiger partial charge < -0.3 is 39.8 Å². The van der Waals surface area contributed by atoms with E-state index in [9.17, 15) is 29.1 Å². The lowest BCUT2D eigenvalue weighted by molar-refractivity contribution is -0.145. The van der Waals surface area contributed by atoms with Gasteiger partial charge in [0.15, 0.2) is 0 Å². The molecule has 14 heteroatoms. The van der Waals surface area contributed by atoms with Gasteiger partial charge in [0.1, 0.15) is 41.7 Å². The number of fused-ring (bicyclic) bond motifs is 3. The van der Waals surface area contributed by atoms with Crippen molar-refractivity contribution in [2.45, 2.75) is 108 Å². The second-order valence-corrected chi connectivity index (χ2v) is 15.0. The van der Waals surface area contributed by atoms with E-state index in [0.29, 0.717) is 38.3 Å². The first-order chi connectivity index (χ1) is 23.6. The van der Waals surface area contributed by atoms with Gasteiger partial charge in [0.05, 0.1) is 6.54 Å². The lowest BCUT2D eigenvalue weighted by atomic mass is 10.0. The first-order valence-electron chi connectivity index (χ1n) is 17.5. The number of amides is 4. The maximum atomic E-state index is 14.2. The van der Waals surface area contributed by atoms with E-state index in [1.54, 1.807) is 25.7 Å². The Hall–Kier alpha value is -4.33. The molecule has 2 fully saturated rings. The number of alkyl carbamates (subject to hydrolysis) is 1. The molecule has 4 amide bonds. The lowest BCUT2D eigenvalue weighted by Gasteiger charge is -2.30. The summed E-state index contributed by atoms with van der Waals surface area (Å²) in [7, 11) is 3.94. The van der Waals surface area contributed by atoms with Crippen LogP contribution in [0.2, 0.25) is 0 Å². The molecule has 5 rings (SSSR count). The minimum Gasteiger partial charge on any atom is -0.492 e. The topological polar surface area (TPSA) is 167 Å². The lowest BCUT2D eigenvalue weighted by Crippen LogP contribution is -2.56. The van der Waals surface area contributed by atoms with Gasteiger partial charge in [-0.3, -0.25) is 14.5 Å². The van der Waals surface area contributed by atoms with E-state index >= 15 is 0 Å². The average molecular weight is 698 g/mol. The number of carboxylic acid groups (broad SMARTS) is 1. The first kappa shape index (κ1) is 36.9. The predicted molar refractivity (Wildman–Crippen MR) is 182 cm³/mol. The third-order valence-corrected chi connectivity index (χ3v) is 9.55. The minimum absolute atomic E-state index is 0.0245. The van der Waals surface area contributed by atoms with Crippen molar-refractivity contribution < 1.29 is 43.3 Å². The zero-order valence-corrected chi connectivity index (χ0v) is 29.7. The van der Waals surface area contributed by atoms with Crippen LogP contribution in [0.25, 0.3) is 0 Å². The monoisotopic (exact) mass is 697 g/mol. The van der Waals surface area contributed by atoms with E-state index in [2.05, 4.69) is 10.6 Å². The number of ether oxygens (including phenoxy) is 3. The molecule has 1 aromatic rings. The zero-order chi connectivity index (χ0) is 36.2. The Morgan fingerprint density at radius 1 is 1.10 bits per heavy atom. The van der Waals surface area contributed by atoms with Gasteiger partial charge >= 0.3 is 18.2 Å². The number of aliphatic carboxylic acids is 1. The van der Waals surface area contributed by atoms with Crippen LogP contribution in [0.3, 0.4) is 0 Å². The van der Waals surface area contributed by atoms with Crippen LogP contribution in [-0.4, -0.2) is 113 Å². The number of allylic oxidation sites excluding steroid dienone is 1. The molecular formula is C36H51N5O9. The molecule has 0 radical (unpaired) electrons. The summed E-state index contributed by atoms with van der Waals surface area (Å²) in [5.41, 5.74) is -0.349. The van der Waals surface area contributed by atoms with Crippen LogP contribution < -0.4 is 15.4 Å². The zero-order valence-electron chi connectivity index (χ0n) is 29.7. The molecule has 0 bridgehead atoms. The molecule has 1 aromatic carbocycles. The molecule has 1 saturated heterocycles. The first-order valence-corrected chi connectivity index (χ1v) is 17.5. The van der Waals surface area contributed by atoms with Gasteiger partial charge in [0.2, 0.25) is 11.8 Å². The minimum atomic E-state index is -1.47. The van der Waals surface area contributed by atoms with Crippen molar-refractivity contribution >= 4 is 30.0 Å². The summed E-state index contributed by atoms with van der Waals surface area (Å²) in [4.78, 5) is 71.6. The Kier molecular flexibility index (Phi) is 11.3. The number of nitrogens with one attached hydrogen (secondary N) is 2. The summed E-state index contributed by atoms with van der Waals surface area (Å²) in [6.07, 6.45) is 5.08. The highest BCUT2D eigenvalue weighted by Gasteiger charge is 2.61. The van der Waals surface area contributed by atoms with Crippen LogP contribution in [0, 0.1) is 5.92 Å². The van der Waals surface area contributed by atoms with Gasteiger partial charge in [-0.05, 0) is 83.8 Å². The fourth-order valence-corrected chi connectivity index (χ4v) is 6.75. The fraction of sp³-hybridized carbons (Fsp3) is 0.639.